The van der Waals surface area contributed by atoms with E-state index in [1.807, 2.05) is 6.92 Å². The maximum Gasteiger partial charge on any atom is 0.251 e. The molecule has 0 atom stereocenters. The van der Waals surface area contributed by atoms with E-state index in [2.05, 4.69) is 25.8 Å². The van der Waals surface area contributed by atoms with Crippen LogP contribution in [-0.2, 0) is 6.54 Å². The Labute approximate surface area is 110 Å². The number of carbonyl (C=O) groups is 1. The first-order valence-corrected chi connectivity index (χ1v) is 5.96. The number of rotatable bonds is 5. The highest BCUT2D eigenvalue weighted by Crippen LogP contribution is 2.20. The molecule has 100 valence electrons. The Morgan fingerprint density at radius 1 is 1.47 bits per heavy atom. The van der Waals surface area contributed by atoms with Gasteiger partial charge in [-0.2, -0.15) is 5.10 Å². The second kappa shape index (κ2) is 5.85. The zero-order valence-corrected chi connectivity index (χ0v) is 10.6. The molecule has 19 heavy (non-hydrogen) atoms. The molecule has 0 spiro atoms. The number of benzene rings is 1. The Hall–Kier alpha value is -2.57. The third-order valence-electron chi connectivity index (χ3n) is 2.56. The number of nitrogens with two attached hydrogens (primary N) is 1. The van der Waals surface area contributed by atoms with Crippen molar-refractivity contribution in [3.05, 3.63) is 35.9 Å². The Kier molecular flexibility index (Phi) is 3.97. The number of amides is 1. The number of H-pyrrole nitrogens is 1. The number of hydrogen-bond donors (Lipinski definition) is 4. The van der Waals surface area contributed by atoms with Crippen LogP contribution in [0.5, 0.6) is 0 Å². The molecule has 1 aromatic heterocycles. The number of anilines is 2. The highest BCUT2D eigenvalue weighted by Gasteiger charge is 2.07. The molecule has 0 saturated carbocycles. The lowest BCUT2D eigenvalue weighted by molar-refractivity contribution is 0.0956. The van der Waals surface area contributed by atoms with E-state index in [9.17, 15) is 4.79 Å². The standard InChI is InChI=1S/C12H16N6O/c1-2-14-12(19)8-3-4-9(13)10(5-8)15-6-11-16-7-17-18-11/h3-5,7,15H,2,6,13H2,1H3,(H,14,19)(H,16,17,18). The molecule has 5 N–H and O–H groups in total. The van der Waals surface area contributed by atoms with Crippen LogP contribution in [0, 0.1) is 0 Å². The summed E-state index contributed by atoms with van der Waals surface area (Å²) >= 11 is 0. The molecule has 0 radical (unpaired) electrons. The number of nitrogens with zero attached hydrogens (tertiary/aromatic N) is 2. The fourth-order valence-corrected chi connectivity index (χ4v) is 1.61. The van der Waals surface area contributed by atoms with E-state index in [-0.39, 0.29) is 5.91 Å². The van der Waals surface area contributed by atoms with Crippen molar-refractivity contribution in [1.82, 2.24) is 20.5 Å². The topological polar surface area (TPSA) is 109 Å². The van der Waals surface area contributed by atoms with Crippen molar-refractivity contribution in [2.45, 2.75) is 13.5 Å². The van der Waals surface area contributed by atoms with E-state index in [4.69, 9.17) is 5.73 Å². The van der Waals surface area contributed by atoms with Crippen LogP contribution < -0.4 is 16.4 Å². The number of nitrogens with one attached hydrogen (secondary N) is 3. The minimum absolute atomic E-state index is 0.120. The average Bonchev–Trinajstić information content (AvgIpc) is 2.91. The summed E-state index contributed by atoms with van der Waals surface area (Å²) in [4.78, 5) is 15.7. The summed E-state index contributed by atoms with van der Waals surface area (Å²) < 4.78 is 0. The second-order valence-electron chi connectivity index (χ2n) is 3.95. The van der Waals surface area contributed by atoms with Crippen molar-refractivity contribution < 1.29 is 4.79 Å². The lowest BCUT2D eigenvalue weighted by atomic mass is 10.1. The minimum Gasteiger partial charge on any atom is -0.397 e. The normalized spacial score (nSPS) is 10.2. The maximum atomic E-state index is 11.7. The molecule has 1 aromatic carbocycles. The van der Waals surface area contributed by atoms with E-state index in [1.54, 1.807) is 18.2 Å². The van der Waals surface area contributed by atoms with Gasteiger partial charge in [0, 0.05) is 12.1 Å². The van der Waals surface area contributed by atoms with Crippen LogP contribution in [0.3, 0.4) is 0 Å². The molecule has 7 heteroatoms. The van der Waals surface area contributed by atoms with Crippen LogP contribution >= 0.6 is 0 Å². The smallest absolute Gasteiger partial charge is 0.251 e. The SMILES string of the molecule is CCNC(=O)c1ccc(N)c(NCc2ncn[nH]2)c1. The lowest BCUT2D eigenvalue weighted by Crippen LogP contribution is -2.22. The number of nitrogen functional groups attached to an aromatic ring is 1. The minimum atomic E-state index is -0.120. The van der Waals surface area contributed by atoms with E-state index in [0.29, 0.717) is 35.9 Å². The van der Waals surface area contributed by atoms with Crippen LogP contribution in [0.25, 0.3) is 0 Å². The zero-order chi connectivity index (χ0) is 13.7. The fraction of sp³-hybridized carbons (Fsp3) is 0.250. The van der Waals surface area contributed by atoms with Gasteiger partial charge in [0.05, 0.1) is 17.9 Å². The molecule has 1 amide bonds. The summed E-state index contributed by atoms with van der Waals surface area (Å²) in [7, 11) is 0. The largest absolute Gasteiger partial charge is 0.397 e. The summed E-state index contributed by atoms with van der Waals surface area (Å²) in [6.07, 6.45) is 1.44. The van der Waals surface area contributed by atoms with Crippen molar-refractivity contribution in [3.63, 3.8) is 0 Å². The molecule has 0 bridgehead atoms. The van der Waals surface area contributed by atoms with Crippen LogP contribution in [0.1, 0.15) is 23.1 Å². The summed E-state index contributed by atoms with van der Waals surface area (Å²) in [5.74, 6) is 0.577. The van der Waals surface area contributed by atoms with Crippen molar-refractivity contribution in [2.75, 3.05) is 17.6 Å². The van der Waals surface area contributed by atoms with E-state index in [1.165, 1.54) is 6.33 Å². The summed E-state index contributed by atoms with van der Waals surface area (Å²) in [6, 6.07) is 5.12. The number of carbonyl (C=O) groups excluding carboxylic acids is 1. The zero-order valence-electron chi connectivity index (χ0n) is 10.6. The first-order chi connectivity index (χ1) is 9.20. The first kappa shape index (κ1) is 12.9. The van der Waals surface area contributed by atoms with Crippen LogP contribution in [0.2, 0.25) is 0 Å². The van der Waals surface area contributed by atoms with Crippen molar-refractivity contribution in [2.24, 2.45) is 0 Å². The quantitative estimate of drug-likeness (QED) is 0.593. The molecular formula is C12H16N6O. The molecule has 0 unspecified atom stereocenters. The highest BCUT2D eigenvalue weighted by molar-refractivity contribution is 5.96. The monoisotopic (exact) mass is 260 g/mol. The highest BCUT2D eigenvalue weighted by atomic mass is 16.1. The third-order valence-corrected chi connectivity index (χ3v) is 2.56. The second-order valence-corrected chi connectivity index (χ2v) is 3.95. The van der Waals surface area contributed by atoms with Gasteiger partial charge in [-0.25, -0.2) is 4.98 Å². The van der Waals surface area contributed by atoms with Crippen LogP contribution in [0.4, 0.5) is 11.4 Å². The average molecular weight is 260 g/mol. The number of aromatic amines is 1. The molecule has 0 aliphatic heterocycles. The molecule has 7 nitrogen and oxygen atoms in total. The molecule has 0 fully saturated rings. The van der Waals surface area contributed by atoms with Gasteiger partial charge < -0.3 is 16.4 Å². The number of aromatic nitrogens is 3. The van der Waals surface area contributed by atoms with E-state index in [0.717, 1.165) is 0 Å². The Balaban J connectivity index is 2.10. The van der Waals surface area contributed by atoms with Crippen LogP contribution in [-0.4, -0.2) is 27.6 Å². The van der Waals surface area contributed by atoms with Gasteiger partial charge in [0.15, 0.2) is 0 Å². The summed E-state index contributed by atoms with van der Waals surface area (Å²) in [5, 5.41) is 12.4. The summed E-state index contributed by atoms with van der Waals surface area (Å²) in [6.45, 7) is 2.92. The Morgan fingerprint density at radius 2 is 2.32 bits per heavy atom. The van der Waals surface area contributed by atoms with Gasteiger partial charge in [0.25, 0.3) is 5.91 Å². The van der Waals surface area contributed by atoms with E-state index >= 15 is 0 Å². The third kappa shape index (κ3) is 3.21. The summed E-state index contributed by atoms with van der Waals surface area (Å²) in [5.41, 5.74) is 7.70. The van der Waals surface area contributed by atoms with Gasteiger partial charge in [-0.1, -0.05) is 0 Å². The molecule has 0 saturated heterocycles. The Bertz CT molecular complexity index is 551. The van der Waals surface area contributed by atoms with Crippen molar-refractivity contribution in [1.29, 1.82) is 0 Å². The molecular weight excluding hydrogens is 244 g/mol. The molecule has 0 aliphatic carbocycles. The first-order valence-electron chi connectivity index (χ1n) is 5.96. The van der Waals surface area contributed by atoms with Crippen molar-refractivity contribution in [3.8, 4) is 0 Å². The fourth-order valence-electron chi connectivity index (χ4n) is 1.61. The lowest BCUT2D eigenvalue weighted by Gasteiger charge is -2.10. The van der Waals surface area contributed by atoms with Gasteiger partial charge >= 0.3 is 0 Å². The molecule has 1 heterocycles. The molecule has 2 aromatic rings. The van der Waals surface area contributed by atoms with Gasteiger partial charge in [-0.05, 0) is 25.1 Å². The van der Waals surface area contributed by atoms with E-state index < -0.39 is 0 Å². The van der Waals surface area contributed by atoms with Gasteiger partial charge in [-0.3, -0.25) is 9.89 Å². The maximum absolute atomic E-state index is 11.7. The molecule has 2 rings (SSSR count). The van der Waals surface area contributed by atoms with Gasteiger partial charge in [0.1, 0.15) is 12.2 Å². The van der Waals surface area contributed by atoms with Gasteiger partial charge in [-0.15, -0.1) is 0 Å². The predicted octanol–water partition coefficient (Wildman–Crippen LogP) is 0.749. The van der Waals surface area contributed by atoms with Gasteiger partial charge in [0.2, 0.25) is 0 Å². The predicted molar refractivity (Wildman–Crippen MR) is 72.6 cm³/mol. The Morgan fingerprint density at radius 3 is 3.00 bits per heavy atom. The molecule has 0 aliphatic rings. The van der Waals surface area contributed by atoms with Crippen molar-refractivity contribution >= 4 is 17.3 Å². The number of hydrogen-bond acceptors (Lipinski definition) is 5. The van der Waals surface area contributed by atoms with Crippen LogP contribution in [0.15, 0.2) is 24.5 Å².